The fraction of sp³-hybridized carbons (Fsp3) is 0. The Morgan fingerprint density at radius 2 is 1.17 bits per heavy atom. The Hall–Kier alpha value is -1.91. The molecule has 0 aromatic heterocycles. The highest BCUT2D eigenvalue weighted by atomic mass is 32.2. The summed E-state index contributed by atoms with van der Waals surface area (Å²) in [7, 11) is -4.00. The Kier molecular flexibility index (Phi) is 5.84. The van der Waals surface area contributed by atoms with Crippen molar-refractivity contribution in [2.75, 3.05) is 0 Å². The maximum Gasteiger partial charge on any atom is 0.287 e. The molecule has 0 fully saturated rings. The van der Waals surface area contributed by atoms with Gasteiger partial charge in [-0.1, -0.05) is 66.7 Å². The molecule has 0 amide bonds. The van der Waals surface area contributed by atoms with Crippen LogP contribution in [0.3, 0.4) is 0 Å². The van der Waals surface area contributed by atoms with Crippen LogP contribution in [0.25, 0.3) is 6.08 Å². The van der Waals surface area contributed by atoms with E-state index in [1.54, 1.807) is 24.3 Å². The van der Waals surface area contributed by atoms with E-state index in [1.165, 1.54) is 6.08 Å². The second-order valence-electron chi connectivity index (χ2n) is 3.38. The summed E-state index contributed by atoms with van der Waals surface area (Å²) >= 11 is 0. The van der Waals surface area contributed by atoms with Gasteiger partial charge in [0.05, 0.1) is 5.41 Å². The first-order valence-electron chi connectivity index (χ1n) is 5.28. The van der Waals surface area contributed by atoms with Crippen LogP contribution in [0.2, 0.25) is 0 Å². The van der Waals surface area contributed by atoms with Crippen molar-refractivity contribution < 1.29 is 13.0 Å². The smallest absolute Gasteiger partial charge is 0.282 e. The molecule has 0 radical (unpaired) electrons. The molecule has 4 heteroatoms. The molecule has 0 aliphatic carbocycles. The maximum atomic E-state index is 10.3. The van der Waals surface area contributed by atoms with Crippen LogP contribution in [0.1, 0.15) is 5.56 Å². The van der Waals surface area contributed by atoms with Gasteiger partial charge in [-0.3, -0.25) is 4.55 Å². The third-order valence-electron chi connectivity index (χ3n) is 1.90. The lowest BCUT2D eigenvalue weighted by Gasteiger charge is -1.89. The summed E-state index contributed by atoms with van der Waals surface area (Å²) in [6, 6.07) is 20.9. The average molecular weight is 262 g/mol. The summed E-state index contributed by atoms with van der Waals surface area (Å²) < 4.78 is 28.9. The topological polar surface area (TPSA) is 54.4 Å². The lowest BCUT2D eigenvalue weighted by Crippen LogP contribution is -1.88. The highest BCUT2D eigenvalue weighted by Crippen LogP contribution is 2.01. The summed E-state index contributed by atoms with van der Waals surface area (Å²) in [5.41, 5.74) is 0.732. The van der Waals surface area contributed by atoms with E-state index in [-0.39, 0.29) is 0 Å². The SMILES string of the molecule is O=S(=O)(O)C=Cc1ccccc1.c1ccccc1. The van der Waals surface area contributed by atoms with Gasteiger partial charge in [0.15, 0.2) is 0 Å². The molecule has 0 heterocycles. The van der Waals surface area contributed by atoms with Gasteiger partial charge in [0.25, 0.3) is 10.1 Å². The molecule has 1 N–H and O–H groups in total. The Labute approximate surface area is 107 Å². The number of rotatable bonds is 2. The predicted molar refractivity (Wildman–Crippen MR) is 73.5 cm³/mol. The summed E-state index contributed by atoms with van der Waals surface area (Å²) in [5.74, 6) is 0. The third kappa shape index (κ3) is 7.38. The monoisotopic (exact) mass is 262 g/mol. The Morgan fingerprint density at radius 1 is 0.778 bits per heavy atom. The van der Waals surface area contributed by atoms with Crippen LogP contribution in [-0.4, -0.2) is 13.0 Å². The van der Waals surface area contributed by atoms with Crippen LogP contribution in [0, 0.1) is 0 Å². The summed E-state index contributed by atoms with van der Waals surface area (Å²) in [6.07, 6.45) is 1.33. The van der Waals surface area contributed by atoms with Crippen LogP contribution < -0.4 is 0 Å². The van der Waals surface area contributed by atoms with E-state index in [0.29, 0.717) is 0 Å². The predicted octanol–water partition coefficient (Wildman–Crippen LogP) is 3.23. The molecular formula is C14H14O3S. The molecule has 18 heavy (non-hydrogen) atoms. The van der Waals surface area contributed by atoms with E-state index < -0.39 is 10.1 Å². The fourth-order valence-electron chi connectivity index (χ4n) is 1.11. The van der Waals surface area contributed by atoms with Crippen molar-refractivity contribution in [1.29, 1.82) is 0 Å². The normalized spacial score (nSPS) is 10.7. The molecule has 2 rings (SSSR count). The zero-order valence-electron chi connectivity index (χ0n) is 9.68. The molecule has 0 spiro atoms. The van der Waals surface area contributed by atoms with Crippen LogP contribution >= 0.6 is 0 Å². The highest BCUT2D eigenvalue weighted by Gasteiger charge is 1.94. The van der Waals surface area contributed by atoms with Gasteiger partial charge in [-0.15, -0.1) is 0 Å². The Bertz CT molecular complexity index is 534. The second-order valence-corrected chi connectivity index (χ2v) is 4.69. The van der Waals surface area contributed by atoms with Crippen LogP contribution in [-0.2, 0) is 10.1 Å². The average Bonchev–Trinajstić information content (AvgIpc) is 2.40. The molecule has 3 nitrogen and oxygen atoms in total. The lowest BCUT2D eigenvalue weighted by atomic mass is 10.2. The van der Waals surface area contributed by atoms with Crippen molar-refractivity contribution >= 4 is 16.2 Å². The van der Waals surface area contributed by atoms with Crippen molar-refractivity contribution in [1.82, 2.24) is 0 Å². The van der Waals surface area contributed by atoms with Gasteiger partial charge < -0.3 is 0 Å². The van der Waals surface area contributed by atoms with E-state index in [1.807, 2.05) is 42.5 Å². The quantitative estimate of drug-likeness (QED) is 0.845. The molecule has 0 aliphatic heterocycles. The van der Waals surface area contributed by atoms with Gasteiger partial charge in [-0.2, -0.15) is 8.42 Å². The number of benzene rings is 2. The first kappa shape index (κ1) is 14.2. The third-order valence-corrected chi connectivity index (χ3v) is 2.38. The van der Waals surface area contributed by atoms with E-state index in [0.717, 1.165) is 11.0 Å². The van der Waals surface area contributed by atoms with E-state index >= 15 is 0 Å². The molecule has 94 valence electrons. The number of hydrogen-bond acceptors (Lipinski definition) is 2. The zero-order chi connectivity index (χ0) is 13.3. The van der Waals surface area contributed by atoms with Crippen molar-refractivity contribution in [2.24, 2.45) is 0 Å². The van der Waals surface area contributed by atoms with Crippen LogP contribution in [0.15, 0.2) is 72.1 Å². The van der Waals surface area contributed by atoms with Crippen LogP contribution in [0.4, 0.5) is 0 Å². The van der Waals surface area contributed by atoms with Crippen LogP contribution in [0.5, 0.6) is 0 Å². The highest BCUT2D eigenvalue weighted by molar-refractivity contribution is 7.88. The first-order valence-corrected chi connectivity index (χ1v) is 6.79. The molecule has 0 aliphatic rings. The standard InChI is InChI=1S/C8H8O3S.C6H6/c9-12(10,11)7-6-8-4-2-1-3-5-8;1-2-4-6-5-3-1/h1-7H,(H,9,10,11);1-6H. The molecule has 0 saturated carbocycles. The molecule has 0 bridgehead atoms. The van der Waals surface area contributed by atoms with Gasteiger partial charge in [0, 0.05) is 0 Å². The van der Waals surface area contributed by atoms with Crippen molar-refractivity contribution in [3.8, 4) is 0 Å². The van der Waals surface area contributed by atoms with E-state index in [2.05, 4.69) is 0 Å². The van der Waals surface area contributed by atoms with Gasteiger partial charge in [-0.05, 0) is 11.6 Å². The first-order chi connectivity index (χ1) is 8.58. The van der Waals surface area contributed by atoms with Gasteiger partial charge in [0.1, 0.15) is 0 Å². The fourth-order valence-corrected chi connectivity index (χ4v) is 1.44. The zero-order valence-corrected chi connectivity index (χ0v) is 10.5. The second kappa shape index (κ2) is 7.42. The minimum absolute atomic E-state index is 0.732. The van der Waals surface area contributed by atoms with Crippen molar-refractivity contribution in [2.45, 2.75) is 0 Å². The van der Waals surface area contributed by atoms with E-state index in [9.17, 15) is 8.42 Å². The molecule has 2 aromatic carbocycles. The lowest BCUT2D eigenvalue weighted by molar-refractivity contribution is 0.494. The molecule has 0 unspecified atom stereocenters. The Morgan fingerprint density at radius 3 is 1.56 bits per heavy atom. The van der Waals surface area contributed by atoms with Gasteiger partial charge in [0.2, 0.25) is 0 Å². The summed E-state index contributed by atoms with van der Waals surface area (Å²) in [4.78, 5) is 0. The Balaban J connectivity index is 0.000000225. The summed E-state index contributed by atoms with van der Waals surface area (Å²) in [6.45, 7) is 0. The molecule has 0 saturated heterocycles. The van der Waals surface area contributed by atoms with Crippen molar-refractivity contribution in [3.05, 3.63) is 77.7 Å². The minimum Gasteiger partial charge on any atom is -0.282 e. The maximum absolute atomic E-state index is 10.3. The molecule has 2 aromatic rings. The van der Waals surface area contributed by atoms with Gasteiger partial charge in [-0.25, -0.2) is 0 Å². The summed E-state index contributed by atoms with van der Waals surface area (Å²) in [5, 5.41) is 0.752. The van der Waals surface area contributed by atoms with Crippen molar-refractivity contribution in [3.63, 3.8) is 0 Å². The largest absolute Gasteiger partial charge is 0.287 e. The van der Waals surface area contributed by atoms with Gasteiger partial charge >= 0.3 is 0 Å². The minimum atomic E-state index is -4.00. The molecule has 0 atom stereocenters. The number of hydrogen-bond donors (Lipinski definition) is 1. The van der Waals surface area contributed by atoms with E-state index in [4.69, 9.17) is 4.55 Å². The molecular weight excluding hydrogens is 248 g/mol.